The fourth-order valence-corrected chi connectivity index (χ4v) is 4.04. The highest BCUT2D eigenvalue weighted by Crippen LogP contribution is 2.38. The van der Waals surface area contributed by atoms with Gasteiger partial charge in [-0.15, -0.1) is 11.3 Å². The maximum atomic E-state index is 12.7. The molecule has 0 aliphatic heterocycles. The first-order chi connectivity index (χ1) is 10.1. The minimum atomic E-state index is -0.0944. The molecule has 0 spiro atoms. The maximum absolute atomic E-state index is 12.7. The molecule has 0 radical (unpaired) electrons. The standard InChI is InChI=1S/C15H19BrN2O2S/c1-2-3-7-18(8-9-19)15(20)14-13(17)12-10(16)5-4-6-11(12)21-14/h4-6,19H,2-3,7-9,17H2,1H3. The highest BCUT2D eigenvalue weighted by atomic mass is 79.9. The molecule has 0 bridgehead atoms. The normalized spacial score (nSPS) is 11.0. The molecule has 114 valence electrons. The number of hydrogen-bond acceptors (Lipinski definition) is 4. The van der Waals surface area contributed by atoms with E-state index in [0.29, 0.717) is 23.7 Å². The summed E-state index contributed by atoms with van der Waals surface area (Å²) in [5.74, 6) is -0.0944. The monoisotopic (exact) mass is 370 g/mol. The van der Waals surface area contributed by atoms with Crippen molar-refractivity contribution in [3.8, 4) is 0 Å². The van der Waals surface area contributed by atoms with Crippen LogP contribution in [0.25, 0.3) is 10.1 Å². The number of halogens is 1. The van der Waals surface area contributed by atoms with Gasteiger partial charge in [0.25, 0.3) is 5.91 Å². The summed E-state index contributed by atoms with van der Waals surface area (Å²) >= 11 is 4.89. The van der Waals surface area contributed by atoms with Gasteiger partial charge in [0.05, 0.1) is 12.3 Å². The number of nitrogens with two attached hydrogens (primary N) is 1. The van der Waals surface area contributed by atoms with Crippen molar-refractivity contribution < 1.29 is 9.90 Å². The zero-order valence-electron chi connectivity index (χ0n) is 11.9. The Labute approximate surface area is 136 Å². The number of carbonyl (C=O) groups excluding carboxylic acids is 1. The van der Waals surface area contributed by atoms with E-state index in [-0.39, 0.29) is 12.5 Å². The van der Waals surface area contributed by atoms with E-state index in [4.69, 9.17) is 10.8 Å². The minimum Gasteiger partial charge on any atom is -0.397 e. The van der Waals surface area contributed by atoms with E-state index in [0.717, 1.165) is 27.4 Å². The van der Waals surface area contributed by atoms with Crippen LogP contribution in [0.1, 0.15) is 29.4 Å². The molecule has 21 heavy (non-hydrogen) atoms. The van der Waals surface area contributed by atoms with Gasteiger partial charge < -0.3 is 15.7 Å². The Kier molecular flexibility index (Phi) is 5.61. The Morgan fingerprint density at radius 2 is 2.19 bits per heavy atom. The molecule has 1 amide bonds. The molecule has 6 heteroatoms. The third-order valence-electron chi connectivity index (χ3n) is 3.33. The lowest BCUT2D eigenvalue weighted by molar-refractivity contribution is 0.0725. The van der Waals surface area contributed by atoms with E-state index in [1.165, 1.54) is 11.3 Å². The number of rotatable bonds is 6. The Balaban J connectivity index is 2.37. The molecule has 1 aromatic carbocycles. The van der Waals surface area contributed by atoms with Crippen LogP contribution < -0.4 is 5.73 Å². The topological polar surface area (TPSA) is 66.6 Å². The second-order valence-corrected chi connectivity index (χ2v) is 6.73. The number of nitrogens with zero attached hydrogens (tertiary/aromatic N) is 1. The number of benzene rings is 1. The van der Waals surface area contributed by atoms with Gasteiger partial charge in [0.1, 0.15) is 4.88 Å². The van der Waals surface area contributed by atoms with Gasteiger partial charge in [-0.05, 0) is 18.6 Å². The zero-order chi connectivity index (χ0) is 15.4. The fraction of sp³-hybridized carbons (Fsp3) is 0.400. The molecule has 0 saturated carbocycles. The largest absolute Gasteiger partial charge is 0.397 e. The van der Waals surface area contributed by atoms with Gasteiger partial charge in [-0.2, -0.15) is 0 Å². The molecule has 0 aliphatic rings. The van der Waals surface area contributed by atoms with Gasteiger partial charge in [0.15, 0.2) is 0 Å². The van der Waals surface area contributed by atoms with Crippen molar-refractivity contribution in [2.45, 2.75) is 19.8 Å². The number of aliphatic hydroxyl groups is 1. The van der Waals surface area contributed by atoms with Crippen LogP contribution in [0.3, 0.4) is 0 Å². The van der Waals surface area contributed by atoms with Crippen molar-refractivity contribution >= 4 is 48.9 Å². The summed E-state index contributed by atoms with van der Waals surface area (Å²) in [4.78, 5) is 14.9. The van der Waals surface area contributed by atoms with E-state index < -0.39 is 0 Å². The summed E-state index contributed by atoms with van der Waals surface area (Å²) in [6.45, 7) is 3.02. The Morgan fingerprint density at radius 1 is 1.43 bits per heavy atom. The van der Waals surface area contributed by atoms with Crippen LogP contribution in [0.2, 0.25) is 0 Å². The van der Waals surface area contributed by atoms with Gasteiger partial charge in [-0.25, -0.2) is 0 Å². The zero-order valence-corrected chi connectivity index (χ0v) is 14.3. The van der Waals surface area contributed by atoms with Crippen LogP contribution in [0.15, 0.2) is 22.7 Å². The molecule has 1 aromatic heterocycles. The average Bonchev–Trinajstić information content (AvgIpc) is 2.81. The van der Waals surface area contributed by atoms with Crippen LogP contribution in [-0.4, -0.2) is 35.6 Å². The van der Waals surface area contributed by atoms with Gasteiger partial charge >= 0.3 is 0 Å². The molecule has 1 heterocycles. The van der Waals surface area contributed by atoms with E-state index >= 15 is 0 Å². The van der Waals surface area contributed by atoms with Gasteiger partial charge in [0, 0.05) is 27.6 Å². The number of hydrogen-bond donors (Lipinski definition) is 2. The van der Waals surface area contributed by atoms with Crippen molar-refractivity contribution in [2.75, 3.05) is 25.4 Å². The number of carbonyl (C=O) groups is 1. The number of anilines is 1. The molecular weight excluding hydrogens is 352 g/mol. The van der Waals surface area contributed by atoms with Crippen molar-refractivity contribution in [1.29, 1.82) is 0 Å². The highest BCUT2D eigenvalue weighted by Gasteiger charge is 2.22. The van der Waals surface area contributed by atoms with E-state index in [9.17, 15) is 4.79 Å². The van der Waals surface area contributed by atoms with E-state index in [1.54, 1.807) is 4.90 Å². The summed E-state index contributed by atoms with van der Waals surface area (Å²) in [6, 6.07) is 5.81. The molecule has 0 saturated heterocycles. The van der Waals surface area contributed by atoms with Crippen molar-refractivity contribution in [3.63, 3.8) is 0 Å². The molecule has 0 fully saturated rings. The van der Waals surface area contributed by atoms with Crippen LogP contribution in [-0.2, 0) is 0 Å². The smallest absolute Gasteiger partial charge is 0.266 e. The van der Waals surface area contributed by atoms with E-state index in [2.05, 4.69) is 22.9 Å². The van der Waals surface area contributed by atoms with Crippen molar-refractivity contribution in [2.24, 2.45) is 0 Å². The van der Waals surface area contributed by atoms with E-state index in [1.807, 2.05) is 18.2 Å². The molecular formula is C15H19BrN2O2S. The number of amides is 1. The summed E-state index contributed by atoms with van der Waals surface area (Å²) in [5.41, 5.74) is 6.69. The predicted octanol–water partition coefficient (Wildman–Crippen LogP) is 3.48. The number of unbranched alkanes of at least 4 members (excludes halogenated alkanes) is 1. The predicted molar refractivity (Wildman–Crippen MR) is 91.8 cm³/mol. The van der Waals surface area contributed by atoms with Gasteiger partial charge in [-0.1, -0.05) is 35.3 Å². The molecule has 4 nitrogen and oxygen atoms in total. The average molecular weight is 371 g/mol. The van der Waals surface area contributed by atoms with Crippen LogP contribution in [0.4, 0.5) is 5.69 Å². The van der Waals surface area contributed by atoms with Gasteiger partial charge in [-0.3, -0.25) is 4.79 Å². The van der Waals surface area contributed by atoms with Crippen molar-refractivity contribution in [3.05, 3.63) is 27.5 Å². The minimum absolute atomic E-state index is 0.0377. The number of nitrogen functional groups attached to an aromatic ring is 1. The quantitative estimate of drug-likeness (QED) is 0.817. The lowest BCUT2D eigenvalue weighted by Crippen LogP contribution is -2.34. The fourth-order valence-electron chi connectivity index (χ4n) is 2.22. The molecule has 0 atom stereocenters. The second-order valence-electron chi connectivity index (χ2n) is 4.83. The maximum Gasteiger partial charge on any atom is 0.266 e. The number of thiophene rings is 1. The highest BCUT2D eigenvalue weighted by molar-refractivity contribution is 9.10. The first-order valence-electron chi connectivity index (χ1n) is 6.96. The summed E-state index contributed by atoms with van der Waals surface area (Å²) in [5, 5.41) is 10.0. The van der Waals surface area contributed by atoms with Crippen molar-refractivity contribution in [1.82, 2.24) is 4.90 Å². The molecule has 0 aliphatic carbocycles. The molecule has 2 rings (SSSR count). The van der Waals surface area contributed by atoms with Gasteiger partial charge in [0.2, 0.25) is 0 Å². The third-order valence-corrected chi connectivity index (χ3v) is 5.15. The van der Waals surface area contributed by atoms with Crippen LogP contribution in [0.5, 0.6) is 0 Å². The lowest BCUT2D eigenvalue weighted by Gasteiger charge is -2.21. The molecule has 3 N–H and O–H groups in total. The number of fused-ring (bicyclic) bond motifs is 1. The second kappa shape index (κ2) is 7.24. The summed E-state index contributed by atoms with van der Waals surface area (Å²) in [7, 11) is 0. The first-order valence-corrected chi connectivity index (χ1v) is 8.57. The Bertz CT molecular complexity index is 642. The van der Waals surface area contributed by atoms with Crippen LogP contribution >= 0.6 is 27.3 Å². The van der Waals surface area contributed by atoms with Crippen LogP contribution in [0, 0.1) is 0 Å². The third kappa shape index (κ3) is 3.39. The Hall–Kier alpha value is -1.11. The molecule has 0 unspecified atom stereocenters. The Morgan fingerprint density at radius 3 is 2.81 bits per heavy atom. The SMILES string of the molecule is CCCCN(CCO)C(=O)c1sc2cccc(Br)c2c1N. The number of aliphatic hydroxyl groups excluding tert-OH is 1. The summed E-state index contributed by atoms with van der Waals surface area (Å²) < 4.78 is 1.89. The molecule has 2 aromatic rings. The summed E-state index contributed by atoms with van der Waals surface area (Å²) in [6.07, 6.45) is 1.92. The first kappa shape index (κ1) is 16.3. The lowest BCUT2D eigenvalue weighted by atomic mass is 10.2.